The molecule has 1 aromatic heterocycles. The SMILES string of the molecule is COC(=O)C1=CNCC=C1Nc1cc(Br)ncc1Br. The third-order valence-electron chi connectivity index (χ3n) is 2.46. The predicted octanol–water partition coefficient (Wildman–Crippen LogP) is 2.56. The highest BCUT2D eigenvalue weighted by molar-refractivity contribution is 9.11. The molecule has 0 aromatic carbocycles. The van der Waals surface area contributed by atoms with Gasteiger partial charge in [0.15, 0.2) is 0 Å². The molecule has 19 heavy (non-hydrogen) atoms. The number of methoxy groups -OCH3 is 1. The van der Waals surface area contributed by atoms with Crippen molar-refractivity contribution in [3.63, 3.8) is 0 Å². The zero-order valence-electron chi connectivity index (χ0n) is 10.0. The molecule has 0 aliphatic carbocycles. The first-order valence-corrected chi connectivity index (χ1v) is 7.01. The number of carbonyl (C=O) groups excluding carboxylic acids is 1. The van der Waals surface area contributed by atoms with Gasteiger partial charge in [-0.25, -0.2) is 9.78 Å². The average Bonchev–Trinajstić information content (AvgIpc) is 2.42. The molecule has 100 valence electrons. The molecular formula is C12H11Br2N3O2. The molecule has 0 spiro atoms. The van der Waals surface area contributed by atoms with Crippen LogP contribution >= 0.6 is 31.9 Å². The Morgan fingerprint density at radius 3 is 3.05 bits per heavy atom. The van der Waals surface area contributed by atoms with E-state index in [9.17, 15) is 4.79 Å². The lowest BCUT2D eigenvalue weighted by Crippen LogP contribution is -2.22. The van der Waals surface area contributed by atoms with Crippen molar-refractivity contribution < 1.29 is 9.53 Å². The molecule has 0 radical (unpaired) electrons. The molecule has 2 heterocycles. The van der Waals surface area contributed by atoms with Crippen molar-refractivity contribution in [1.29, 1.82) is 0 Å². The first-order chi connectivity index (χ1) is 9.11. The minimum Gasteiger partial charge on any atom is -0.465 e. The summed E-state index contributed by atoms with van der Waals surface area (Å²) >= 11 is 6.72. The van der Waals surface area contributed by atoms with Crippen molar-refractivity contribution in [3.8, 4) is 0 Å². The first kappa shape index (κ1) is 14.1. The second-order valence-electron chi connectivity index (χ2n) is 3.69. The van der Waals surface area contributed by atoms with Crippen LogP contribution in [0.1, 0.15) is 0 Å². The van der Waals surface area contributed by atoms with Crippen LogP contribution in [0.2, 0.25) is 0 Å². The Labute approximate surface area is 127 Å². The van der Waals surface area contributed by atoms with Crippen LogP contribution in [0.15, 0.2) is 44.9 Å². The summed E-state index contributed by atoms with van der Waals surface area (Å²) in [6, 6.07) is 1.82. The summed E-state index contributed by atoms with van der Waals surface area (Å²) in [5.74, 6) is -0.393. The van der Waals surface area contributed by atoms with Gasteiger partial charge in [-0.05, 0) is 44.0 Å². The molecule has 0 bridgehead atoms. The Morgan fingerprint density at radius 2 is 2.32 bits per heavy atom. The van der Waals surface area contributed by atoms with Crippen molar-refractivity contribution in [2.24, 2.45) is 0 Å². The van der Waals surface area contributed by atoms with Crippen molar-refractivity contribution in [1.82, 2.24) is 10.3 Å². The molecular weight excluding hydrogens is 378 g/mol. The number of ether oxygens (including phenoxy) is 1. The maximum absolute atomic E-state index is 11.7. The van der Waals surface area contributed by atoms with E-state index in [0.29, 0.717) is 22.4 Å². The number of dihydropyridines is 1. The van der Waals surface area contributed by atoms with Gasteiger partial charge in [0.05, 0.1) is 28.5 Å². The summed E-state index contributed by atoms with van der Waals surface area (Å²) in [6.45, 7) is 0.646. The lowest BCUT2D eigenvalue weighted by atomic mass is 10.1. The molecule has 7 heteroatoms. The zero-order chi connectivity index (χ0) is 13.8. The van der Waals surface area contributed by atoms with E-state index in [0.717, 1.165) is 10.2 Å². The Bertz CT molecular complexity index is 570. The lowest BCUT2D eigenvalue weighted by Gasteiger charge is -2.18. The molecule has 1 aromatic rings. The van der Waals surface area contributed by atoms with E-state index in [1.165, 1.54) is 7.11 Å². The summed E-state index contributed by atoms with van der Waals surface area (Å²) in [5, 5.41) is 6.17. The number of nitrogens with zero attached hydrogens (tertiary/aromatic N) is 1. The third-order valence-corrected chi connectivity index (χ3v) is 3.52. The largest absolute Gasteiger partial charge is 0.465 e. The highest BCUT2D eigenvalue weighted by Gasteiger charge is 2.18. The highest BCUT2D eigenvalue weighted by atomic mass is 79.9. The first-order valence-electron chi connectivity index (χ1n) is 5.42. The number of nitrogens with one attached hydrogen (secondary N) is 2. The number of aromatic nitrogens is 1. The van der Waals surface area contributed by atoms with E-state index in [-0.39, 0.29) is 0 Å². The van der Waals surface area contributed by atoms with Crippen molar-refractivity contribution in [2.75, 3.05) is 19.0 Å². The van der Waals surface area contributed by atoms with Gasteiger partial charge in [-0.2, -0.15) is 0 Å². The molecule has 2 rings (SSSR count). The van der Waals surface area contributed by atoms with Gasteiger partial charge in [-0.3, -0.25) is 0 Å². The van der Waals surface area contributed by atoms with Gasteiger partial charge in [-0.1, -0.05) is 0 Å². The molecule has 1 aliphatic heterocycles. The Kier molecular flexibility index (Phi) is 4.60. The van der Waals surface area contributed by atoms with E-state index in [4.69, 9.17) is 4.74 Å². The minimum atomic E-state index is -0.393. The van der Waals surface area contributed by atoms with Gasteiger partial charge in [0.2, 0.25) is 0 Å². The molecule has 0 fully saturated rings. The maximum atomic E-state index is 11.7. The van der Waals surface area contributed by atoms with E-state index in [2.05, 4.69) is 47.5 Å². The van der Waals surface area contributed by atoms with E-state index >= 15 is 0 Å². The fraction of sp³-hybridized carbons (Fsp3) is 0.167. The highest BCUT2D eigenvalue weighted by Crippen LogP contribution is 2.27. The number of esters is 1. The Balaban J connectivity index is 2.26. The topological polar surface area (TPSA) is 63.2 Å². The quantitative estimate of drug-likeness (QED) is 0.615. The summed E-state index contributed by atoms with van der Waals surface area (Å²) in [6.07, 6.45) is 5.20. The van der Waals surface area contributed by atoms with Crippen LogP contribution in [0.25, 0.3) is 0 Å². The molecule has 0 atom stereocenters. The van der Waals surface area contributed by atoms with E-state index in [1.807, 2.05) is 12.1 Å². The number of pyridine rings is 1. The number of hydrogen-bond acceptors (Lipinski definition) is 5. The summed E-state index contributed by atoms with van der Waals surface area (Å²) in [7, 11) is 1.36. The number of halogens is 2. The van der Waals surface area contributed by atoms with Gasteiger partial charge in [0.1, 0.15) is 4.60 Å². The molecule has 2 N–H and O–H groups in total. The van der Waals surface area contributed by atoms with Gasteiger partial charge in [0.25, 0.3) is 0 Å². The Hall–Kier alpha value is -1.34. The van der Waals surface area contributed by atoms with Crippen LogP contribution in [0, 0.1) is 0 Å². The van der Waals surface area contributed by atoms with Crippen molar-refractivity contribution in [2.45, 2.75) is 0 Å². The fourth-order valence-electron chi connectivity index (χ4n) is 1.56. The second-order valence-corrected chi connectivity index (χ2v) is 5.35. The van der Waals surface area contributed by atoms with E-state index in [1.54, 1.807) is 12.4 Å². The maximum Gasteiger partial charge on any atom is 0.341 e. The van der Waals surface area contributed by atoms with Gasteiger partial charge < -0.3 is 15.4 Å². The normalized spacial score (nSPS) is 14.1. The molecule has 0 saturated carbocycles. The summed E-state index contributed by atoms with van der Waals surface area (Å²) in [5.41, 5.74) is 1.96. The number of hydrogen-bond donors (Lipinski definition) is 2. The summed E-state index contributed by atoms with van der Waals surface area (Å²) in [4.78, 5) is 15.8. The predicted molar refractivity (Wildman–Crippen MR) is 79.4 cm³/mol. The number of carbonyl (C=O) groups is 1. The summed E-state index contributed by atoms with van der Waals surface area (Å²) < 4.78 is 6.26. The van der Waals surface area contributed by atoms with Gasteiger partial charge >= 0.3 is 5.97 Å². The molecule has 5 nitrogen and oxygen atoms in total. The van der Waals surface area contributed by atoms with Crippen LogP contribution in [-0.4, -0.2) is 24.6 Å². The fourth-order valence-corrected chi connectivity index (χ4v) is 2.21. The Morgan fingerprint density at radius 1 is 1.53 bits per heavy atom. The smallest absolute Gasteiger partial charge is 0.341 e. The van der Waals surface area contributed by atoms with Crippen LogP contribution in [0.3, 0.4) is 0 Å². The van der Waals surface area contributed by atoms with Crippen molar-refractivity contribution in [3.05, 3.63) is 44.9 Å². The van der Waals surface area contributed by atoms with Crippen LogP contribution in [0.5, 0.6) is 0 Å². The second kappa shape index (κ2) is 6.21. The van der Waals surface area contributed by atoms with Crippen LogP contribution in [-0.2, 0) is 9.53 Å². The molecule has 1 aliphatic rings. The van der Waals surface area contributed by atoms with Gasteiger partial charge in [-0.15, -0.1) is 0 Å². The van der Waals surface area contributed by atoms with Gasteiger partial charge in [0, 0.05) is 18.9 Å². The zero-order valence-corrected chi connectivity index (χ0v) is 13.2. The van der Waals surface area contributed by atoms with Crippen molar-refractivity contribution >= 4 is 43.5 Å². The number of rotatable bonds is 3. The average molecular weight is 389 g/mol. The standard InChI is InChI=1S/C12H11Br2N3O2/c1-19-12(18)7-5-15-3-2-9(7)17-10-4-11(14)16-6-8(10)13/h2,4-6,15H,3H2,1H3,(H,16,17). The molecule has 0 unspecified atom stereocenters. The van der Waals surface area contributed by atoms with Crippen LogP contribution in [0.4, 0.5) is 5.69 Å². The lowest BCUT2D eigenvalue weighted by molar-refractivity contribution is -0.135. The van der Waals surface area contributed by atoms with E-state index < -0.39 is 5.97 Å². The number of anilines is 1. The molecule has 0 amide bonds. The van der Waals surface area contributed by atoms with Crippen LogP contribution < -0.4 is 10.6 Å². The monoisotopic (exact) mass is 387 g/mol. The minimum absolute atomic E-state index is 0.393. The molecule has 0 saturated heterocycles. The third kappa shape index (κ3) is 3.36.